The van der Waals surface area contributed by atoms with Gasteiger partial charge in [0.25, 0.3) is 0 Å². The van der Waals surface area contributed by atoms with Gasteiger partial charge < -0.3 is 15.0 Å². The minimum Gasteiger partial charge on any atom is -0.391 e. The van der Waals surface area contributed by atoms with Gasteiger partial charge in [0.1, 0.15) is 6.33 Å². The van der Waals surface area contributed by atoms with Gasteiger partial charge in [-0.25, -0.2) is 14.8 Å². The van der Waals surface area contributed by atoms with Crippen LogP contribution in [0.5, 0.6) is 5.88 Å². The number of amides is 1. The number of carbonyl (C=O) groups is 1. The molecule has 1 spiro atoms. The Bertz CT molecular complexity index is 938. The molecule has 7 heteroatoms. The van der Waals surface area contributed by atoms with Crippen molar-refractivity contribution in [1.29, 1.82) is 0 Å². The summed E-state index contributed by atoms with van der Waals surface area (Å²) in [5.74, 6) is 0.389. The van der Waals surface area contributed by atoms with E-state index >= 15 is 0 Å². The van der Waals surface area contributed by atoms with E-state index in [0.717, 1.165) is 43.5 Å². The number of fused-ring (bicyclic) bond motifs is 3. The zero-order chi connectivity index (χ0) is 19.4. The van der Waals surface area contributed by atoms with Crippen molar-refractivity contribution >= 4 is 27.7 Å². The van der Waals surface area contributed by atoms with E-state index in [9.17, 15) is 4.79 Å². The minimum atomic E-state index is -0.315. The van der Waals surface area contributed by atoms with Crippen molar-refractivity contribution in [1.82, 2.24) is 14.9 Å². The second-order valence-corrected chi connectivity index (χ2v) is 9.98. The van der Waals surface area contributed by atoms with Gasteiger partial charge in [-0.2, -0.15) is 0 Å². The molecule has 28 heavy (non-hydrogen) atoms. The predicted molar refractivity (Wildman–Crippen MR) is 110 cm³/mol. The van der Waals surface area contributed by atoms with Crippen LogP contribution in [0.3, 0.4) is 0 Å². The van der Waals surface area contributed by atoms with Crippen LogP contribution >= 0.6 is 15.9 Å². The maximum Gasteiger partial charge on any atom is 0.416 e. The first-order valence-electron chi connectivity index (χ1n) is 9.82. The molecule has 1 aliphatic carbocycles. The third kappa shape index (κ3) is 2.79. The molecule has 6 nitrogen and oxygen atoms in total. The number of hydrogen-bond donors (Lipinski definition) is 1. The Morgan fingerprint density at radius 3 is 2.82 bits per heavy atom. The molecule has 1 aromatic carbocycles. The number of aryl methyl sites for hydroxylation is 1. The second-order valence-electron chi connectivity index (χ2n) is 8.23. The number of para-hydroxylation sites is 1. The maximum absolute atomic E-state index is 12.8. The predicted octanol–water partition coefficient (Wildman–Crippen LogP) is 3.99. The lowest BCUT2D eigenvalue weighted by Crippen LogP contribution is -2.47. The summed E-state index contributed by atoms with van der Waals surface area (Å²) in [6, 6.07) is 8.51. The quantitative estimate of drug-likeness (QED) is 0.676. The lowest BCUT2D eigenvalue weighted by Gasteiger charge is -2.38. The van der Waals surface area contributed by atoms with Gasteiger partial charge in [-0.05, 0) is 44.2 Å². The van der Waals surface area contributed by atoms with Gasteiger partial charge in [-0.1, -0.05) is 34.1 Å². The molecule has 1 saturated heterocycles. The number of nitrogens with zero attached hydrogens (tertiary/aromatic N) is 3. The van der Waals surface area contributed by atoms with E-state index in [0.29, 0.717) is 19.0 Å². The van der Waals surface area contributed by atoms with Crippen LogP contribution < -0.4 is 10.1 Å². The summed E-state index contributed by atoms with van der Waals surface area (Å²) < 4.78 is 5.50. The first-order valence-corrected chi connectivity index (χ1v) is 10.6. The molecule has 3 aliphatic rings. The standard InChI is InChI=1S/C21H23BrN4O2/c1-20(22)7-6-16-17(20)18(25-13-24-16)28-19(27)26-10-8-21(9-11-26)12-23-15-5-3-2-4-14(15)21/h2-5,13,23H,6-12H2,1H3. The summed E-state index contributed by atoms with van der Waals surface area (Å²) in [5.41, 5.74) is 4.60. The van der Waals surface area contributed by atoms with Crippen LogP contribution in [0.15, 0.2) is 30.6 Å². The lowest BCUT2D eigenvalue weighted by atomic mass is 9.74. The molecule has 1 amide bonds. The highest BCUT2D eigenvalue weighted by Crippen LogP contribution is 2.47. The normalized spacial score (nSPS) is 24.6. The lowest BCUT2D eigenvalue weighted by molar-refractivity contribution is 0.124. The van der Waals surface area contributed by atoms with Crippen LogP contribution in [0.4, 0.5) is 10.5 Å². The van der Waals surface area contributed by atoms with Gasteiger partial charge in [0.2, 0.25) is 5.88 Å². The van der Waals surface area contributed by atoms with Crippen LogP contribution in [0, 0.1) is 0 Å². The number of carbonyl (C=O) groups excluding carboxylic acids is 1. The number of hydrogen-bond acceptors (Lipinski definition) is 5. The SMILES string of the molecule is CC1(Br)CCc2ncnc(OC(=O)N3CCC4(CC3)CNc3ccccc34)c21. The fourth-order valence-electron chi connectivity index (χ4n) is 4.84. The van der Waals surface area contributed by atoms with Crippen LogP contribution in [0.1, 0.15) is 43.0 Å². The average Bonchev–Trinajstić information content (AvgIpc) is 3.21. The van der Waals surface area contributed by atoms with Crippen molar-refractivity contribution in [3.05, 3.63) is 47.4 Å². The summed E-state index contributed by atoms with van der Waals surface area (Å²) in [4.78, 5) is 23.3. The molecule has 2 aliphatic heterocycles. The Balaban J connectivity index is 1.30. The smallest absolute Gasteiger partial charge is 0.391 e. The minimum absolute atomic E-state index is 0.123. The Morgan fingerprint density at radius 2 is 2.00 bits per heavy atom. The number of benzene rings is 1. The van der Waals surface area contributed by atoms with E-state index in [1.807, 2.05) is 0 Å². The Hall–Kier alpha value is -2.15. The Kier molecular flexibility index (Phi) is 4.12. The summed E-state index contributed by atoms with van der Waals surface area (Å²) >= 11 is 3.74. The number of alkyl halides is 1. The van der Waals surface area contributed by atoms with Crippen LogP contribution in [-0.4, -0.2) is 40.6 Å². The highest BCUT2D eigenvalue weighted by Gasteiger charge is 2.43. The number of halogens is 1. The fourth-order valence-corrected chi connectivity index (χ4v) is 5.44. The molecule has 0 bridgehead atoms. The highest BCUT2D eigenvalue weighted by atomic mass is 79.9. The summed E-state index contributed by atoms with van der Waals surface area (Å²) in [7, 11) is 0. The third-order valence-corrected chi connectivity index (χ3v) is 7.31. The van der Waals surface area contributed by atoms with Crippen LogP contribution in [-0.2, 0) is 16.2 Å². The van der Waals surface area contributed by atoms with Gasteiger partial charge in [0.15, 0.2) is 0 Å². The van der Waals surface area contributed by atoms with Crippen molar-refractivity contribution in [2.24, 2.45) is 0 Å². The average molecular weight is 443 g/mol. The number of piperidine rings is 1. The van der Waals surface area contributed by atoms with E-state index < -0.39 is 0 Å². The number of nitrogens with one attached hydrogen (secondary N) is 1. The molecular formula is C21H23BrN4O2. The molecule has 1 aromatic heterocycles. The van der Waals surface area contributed by atoms with E-state index in [1.165, 1.54) is 17.6 Å². The Morgan fingerprint density at radius 1 is 1.21 bits per heavy atom. The highest BCUT2D eigenvalue weighted by molar-refractivity contribution is 9.09. The van der Waals surface area contributed by atoms with Crippen molar-refractivity contribution in [3.63, 3.8) is 0 Å². The first-order chi connectivity index (χ1) is 13.5. The van der Waals surface area contributed by atoms with Crippen molar-refractivity contribution in [2.45, 2.75) is 42.3 Å². The molecule has 1 fully saturated rings. The number of likely N-dealkylation sites (tertiary alicyclic amines) is 1. The van der Waals surface area contributed by atoms with Crippen LogP contribution in [0.25, 0.3) is 0 Å². The molecule has 1 unspecified atom stereocenters. The number of ether oxygens (including phenoxy) is 1. The summed E-state index contributed by atoms with van der Waals surface area (Å²) in [6.45, 7) is 4.40. The van der Waals surface area contributed by atoms with Gasteiger partial charge in [-0.3, -0.25) is 0 Å². The largest absolute Gasteiger partial charge is 0.416 e. The van der Waals surface area contributed by atoms with E-state index in [4.69, 9.17) is 4.74 Å². The molecule has 3 heterocycles. The molecule has 146 valence electrons. The third-order valence-electron chi connectivity index (χ3n) is 6.52. The summed E-state index contributed by atoms with van der Waals surface area (Å²) in [6.07, 6.45) is 4.83. The summed E-state index contributed by atoms with van der Waals surface area (Å²) in [5, 5.41) is 3.52. The van der Waals surface area contributed by atoms with Gasteiger partial charge >= 0.3 is 6.09 Å². The van der Waals surface area contributed by atoms with Gasteiger partial charge in [0, 0.05) is 30.7 Å². The van der Waals surface area contributed by atoms with Crippen molar-refractivity contribution in [2.75, 3.05) is 25.0 Å². The van der Waals surface area contributed by atoms with E-state index in [1.54, 1.807) is 4.90 Å². The van der Waals surface area contributed by atoms with Gasteiger partial charge in [-0.15, -0.1) is 0 Å². The van der Waals surface area contributed by atoms with Gasteiger partial charge in [0.05, 0.1) is 15.6 Å². The first kappa shape index (κ1) is 17.9. The second kappa shape index (κ2) is 6.44. The molecule has 2 aromatic rings. The number of aromatic nitrogens is 2. The number of anilines is 1. The zero-order valence-electron chi connectivity index (χ0n) is 15.9. The molecule has 0 saturated carbocycles. The fraction of sp³-hybridized carbons (Fsp3) is 0.476. The van der Waals surface area contributed by atoms with Crippen molar-refractivity contribution in [3.8, 4) is 5.88 Å². The number of rotatable bonds is 1. The molecule has 1 atom stereocenters. The van der Waals surface area contributed by atoms with E-state index in [2.05, 4.69) is 62.4 Å². The maximum atomic E-state index is 12.8. The van der Waals surface area contributed by atoms with Crippen LogP contribution in [0.2, 0.25) is 0 Å². The zero-order valence-corrected chi connectivity index (χ0v) is 17.5. The molecular weight excluding hydrogens is 420 g/mol. The topological polar surface area (TPSA) is 67.4 Å². The van der Waals surface area contributed by atoms with E-state index in [-0.39, 0.29) is 15.8 Å². The monoisotopic (exact) mass is 442 g/mol. The Labute approximate surface area is 172 Å². The molecule has 1 N–H and O–H groups in total. The van der Waals surface area contributed by atoms with Crippen molar-refractivity contribution < 1.29 is 9.53 Å². The molecule has 5 rings (SSSR count). The molecule has 0 radical (unpaired) electrons.